The minimum absolute atomic E-state index is 0.125. The van der Waals surface area contributed by atoms with E-state index in [1.165, 1.54) is 18.4 Å². The number of aryl methyl sites for hydroxylation is 1. The van der Waals surface area contributed by atoms with E-state index in [-0.39, 0.29) is 6.04 Å². The van der Waals surface area contributed by atoms with Gasteiger partial charge in [0.1, 0.15) is 5.78 Å². The highest BCUT2D eigenvalue weighted by molar-refractivity contribution is 7.07. The molecule has 1 saturated carbocycles. The molecule has 1 atom stereocenters. The van der Waals surface area contributed by atoms with Crippen LogP contribution in [0.5, 0.6) is 0 Å². The summed E-state index contributed by atoms with van der Waals surface area (Å²) in [5, 5.41) is 4.16. The highest BCUT2D eigenvalue weighted by Gasteiger charge is 2.29. The van der Waals surface area contributed by atoms with Crippen LogP contribution in [0.3, 0.4) is 0 Å². The first kappa shape index (κ1) is 10.8. The first-order valence-electron chi connectivity index (χ1n) is 5.54. The first-order valence-corrected chi connectivity index (χ1v) is 6.48. The molecule has 2 rings (SSSR count). The summed E-state index contributed by atoms with van der Waals surface area (Å²) < 4.78 is 0. The molecule has 1 aliphatic carbocycles. The van der Waals surface area contributed by atoms with Gasteiger partial charge in [-0.1, -0.05) is 0 Å². The zero-order valence-electron chi connectivity index (χ0n) is 8.82. The van der Waals surface area contributed by atoms with E-state index in [4.69, 9.17) is 5.73 Å². The third kappa shape index (κ3) is 3.43. The van der Waals surface area contributed by atoms with Gasteiger partial charge in [-0.15, -0.1) is 0 Å². The van der Waals surface area contributed by atoms with E-state index in [0.29, 0.717) is 24.5 Å². The van der Waals surface area contributed by atoms with E-state index in [9.17, 15) is 4.79 Å². The Balaban J connectivity index is 1.68. The molecule has 2 N–H and O–H groups in total. The van der Waals surface area contributed by atoms with Crippen molar-refractivity contribution in [3.8, 4) is 0 Å². The van der Waals surface area contributed by atoms with Crippen LogP contribution in [0.15, 0.2) is 16.8 Å². The first-order chi connectivity index (χ1) is 7.25. The van der Waals surface area contributed by atoms with Crippen LogP contribution in [0.1, 0.15) is 31.2 Å². The summed E-state index contributed by atoms with van der Waals surface area (Å²) in [4.78, 5) is 11.6. The maximum Gasteiger partial charge on any atom is 0.134 e. The van der Waals surface area contributed by atoms with E-state index >= 15 is 0 Å². The Labute approximate surface area is 94.5 Å². The topological polar surface area (TPSA) is 43.1 Å². The standard InChI is InChI=1S/C12H17NOS/c13-12(10-2-3-10)7-11(14)4-1-9-5-6-15-8-9/h5-6,8,10,12H,1-4,7,13H2. The molecule has 1 aromatic heterocycles. The molecule has 3 heteroatoms. The van der Waals surface area contributed by atoms with Gasteiger partial charge < -0.3 is 5.73 Å². The van der Waals surface area contributed by atoms with E-state index in [0.717, 1.165) is 6.42 Å². The Morgan fingerprint density at radius 2 is 2.40 bits per heavy atom. The third-order valence-corrected chi connectivity index (χ3v) is 3.70. The van der Waals surface area contributed by atoms with E-state index < -0.39 is 0 Å². The minimum atomic E-state index is 0.125. The van der Waals surface area contributed by atoms with Gasteiger partial charge in [0.15, 0.2) is 0 Å². The summed E-state index contributed by atoms with van der Waals surface area (Å²) in [6.45, 7) is 0. The van der Waals surface area contributed by atoms with Gasteiger partial charge in [0, 0.05) is 18.9 Å². The second-order valence-corrected chi connectivity index (χ2v) is 5.16. The smallest absolute Gasteiger partial charge is 0.134 e. The Hall–Kier alpha value is -0.670. The van der Waals surface area contributed by atoms with Crippen molar-refractivity contribution in [3.05, 3.63) is 22.4 Å². The zero-order chi connectivity index (χ0) is 10.7. The van der Waals surface area contributed by atoms with Crippen LogP contribution in [0, 0.1) is 5.92 Å². The molecule has 0 amide bonds. The summed E-state index contributed by atoms with van der Waals surface area (Å²) in [6, 6.07) is 2.21. The Kier molecular flexibility index (Phi) is 3.54. The molecule has 0 aromatic carbocycles. The predicted octanol–water partition coefficient (Wildman–Crippen LogP) is 2.38. The molecule has 2 nitrogen and oxygen atoms in total. The molecule has 1 unspecified atom stereocenters. The average Bonchev–Trinajstić information content (AvgIpc) is 2.93. The third-order valence-electron chi connectivity index (χ3n) is 2.96. The number of thiophene rings is 1. The number of ketones is 1. The quantitative estimate of drug-likeness (QED) is 0.804. The molecule has 0 radical (unpaired) electrons. The fourth-order valence-electron chi connectivity index (χ4n) is 1.77. The molecule has 0 saturated heterocycles. The van der Waals surface area contributed by atoms with Gasteiger partial charge in [-0.3, -0.25) is 4.79 Å². The highest BCUT2D eigenvalue weighted by Crippen LogP contribution is 2.33. The molecule has 1 aliphatic rings. The number of nitrogens with two attached hydrogens (primary N) is 1. The van der Waals surface area contributed by atoms with Crippen LogP contribution in [0.25, 0.3) is 0 Å². The van der Waals surface area contributed by atoms with Crippen LogP contribution >= 0.6 is 11.3 Å². The van der Waals surface area contributed by atoms with Gasteiger partial charge >= 0.3 is 0 Å². The van der Waals surface area contributed by atoms with Gasteiger partial charge in [-0.25, -0.2) is 0 Å². The molecule has 1 heterocycles. The maximum absolute atomic E-state index is 11.6. The van der Waals surface area contributed by atoms with E-state index in [1.807, 2.05) is 0 Å². The summed E-state index contributed by atoms with van der Waals surface area (Å²) in [5.41, 5.74) is 7.18. The highest BCUT2D eigenvalue weighted by atomic mass is 32.1. The lowest BCUT2D eigenvalue weighted by Gasteiger charge is -2.08. The Bertz CT molecular complexity index is 316. The number of carbonyl (C=O) groups excluding carboxylic acids is 1. The van der Waals surface area contributed by atoms with Gasteiger partial charge in [-0.05, 0) is 47.6 Å². The molecule has 15 heavy (non-hydrogen) atoms. The van der Waals surface area contributed by atoms with Crippen LogP contribution in [-0.4, -0.2) is 11.8 Å². The average molecular weight is 223 g/mol. The monoisotopic (exact) mass is 223 g/mol. The van der Waals surface area contributed by atoms with Crippen molar-refractivity contribution in [1.82, 2.24) is 0 Å². The summed E-state index contributed by atoms with van der Waals surface area (Å²) in [5.74, 6) is 0.954. The second-order valence-electron chi connectivity index (χ2n) is 4.38. The van der Waals surface area contributed by atoms with Gasteiger partial charge in [0.05, 0.1) is 0 Å². The summed E-state index contributed by atoms with van der Waals surface area (Å²) in [7, 11) is 0. The predicted molar refractivity (Wildman–Crippen MR) is 63.0 cm³/mol. The van der Waals surface area contributed by atoms with Crippen molar-refractivity contribution in [1.29, 1.82) is 0 Å². The van der Waals surface area contributed by atoms with Crippen molar-refractivity contribution in [3.63, 3.8) is 0 Å². The van der Waals surface area contributed by atoms with Gasteiger partial charge in [0.25, 0.3) is 0 Å². The van der Waals surface area contributed by atoms with Crippen molar-refractivity contribution in [2.24, 2.45) is 11.7 Å². The molecule has 82 valence electrons. The summed E-state index contributed by atoms with van der Waals surface area (Å²) >= 11 is 1.68. The van der Waals surface area contributed by atoms with E-state index in [1.54, 1.807) is 11.3 Å². The van der Waals surface area contributed by atoms with Crippen LogP contribution in [0.2, 0.25) is 0 Å². The number of hydrogen-bond donors (Lipinski definition) is 1. The lowest BCUT2D eigenvalue weighted by atomic mass is 10.0. The van der Waals surface area contributed by atoms with Crippen LogP contribution < -0.4 is 5.73 Å². The fourth-order valence-corrected chi connectivity index (χ4v) is 2.48. The molecule has 1 aromatic rings. The lowest BCUT2D eigenvalue weighted by Crippen LogP contribution is -2.26. The van der Waals surface area contributed by atoms with Crippen LogP contribution in [0.4, 0.5) is 0 Å². The number of carbonyl (C=O) groups is 1. The molecule has 1 fully saturated rings. The second kappa shape index (κ2) is 4.90. The van der Waals surface area contributed by atoms with Crippen molar-refractivity contribution in [2.45, 2.75) is 38.1 Å². The molecular formula is C12H17NOS. The largest absolute Gasteiger partial charge is 0.327 e. The maximum atomic E-state index is 11.6. The van der Waals surface area contributed by atoms with Crippen molar-refractivity contribution < 1.29 is 4.79 Å². The zero-order valence-corrected chi connectivity index (χ0v) is 9.63. The number of Topliss-reactive ketones (excluding diaryl/α,β-unsaturated/α-hetero) is 1. The number of hydrogen-bond acceptors (Lipinski definition) is 3. The Morgan fingerprint density at radius 1 is 1.60 bits per heavy atom. The molecule has 0 bridgehead atoms. The fraction of sp³-hybridized carbons (Fsp3) is 0.583. The SMILES string of the molecule is NC(CC(=O)CCc1ccsc1)C1CC1. The van der Waals surface area contributed by atoms with Crippen molar-refractivity contribution in [2.75, 3.05) is 0 Å². The van der Waals surface area contributed by atoms with Crippen LogP contribution in [-0.2, 0) is 11.2 Å². The molecule has 0 aliphatic heterocycles. The molecular weight excluding hydrogens is 206 g/mol. The van der Waals surface area contributed by atoms with Gasteiger partial charge in [-0.2, -0.15) is 11.3 Å². The minimum Gasteiger partial charge on any atom is -0.327 e. The lowest BCUT2D eigenvalue weighted by molar-refractivity contribution is -0.119. The Morgan fingerprint density at radius 3 is 3.00 bits per heavy atom. The summed E-state index contributed by atoms with van der Waals surface area (Å²) in [6.07, 6.45) is 4.55. The number of rotatable bonds is 6. The van der Waals surface area contributed by atoms with Crippen molar-refractivity contribution >= 4 is 17.1 Å². The van der Waals surface area contributed by atoms with E-state index in [2.05, 4.69) is 16.8 Å². The molecule has 0 spiro atoms. The van der Waals surface area contributed by atoms with Gasteiger partial charge in [0.2, 0.25) is 0 Å². The normalized spacial score (nSPS) is 17.7.